The van der Waals surface area contributed by atoms with Crippen LogP contribution in [0.4, 0.5) is 0 Å². The Hall–Kier alpha value is -3.54. The van der Waals surface area contributed by atoms with Gasteiger partial charge in [0.15, 0.2) is 5.78 Å². The topological polar surface area (TPSA) is 84.9 Å². The number of benzene rings is 2. The summed E-state index contributed by atoms with van der Waals surface area (Å²) < 4.78 is 11.1. The second kappa shape index (κ2) is 9.14. The lowest BCUT2D eigenvalue weighted by Gasteiger charge is -2.37. The first kappa shape index (κ1) is 22.6. The molecule has 2 aromatic rings. The first-order chi connectivity index (χ1) is 15.8. The van der Waals surface area contributed by atoms with E-state index in [1.807, 2.05) is 37.3 Å². The molecule has 1 aliphatic carbocycles. The lowest BCUT2D eigenvalue weighted by molar-refractivity contribution is -0.143. The Labute approximate surface area is 193 Å². The van der Waals surface area contributed by atoms with Crippen molar-refractivity contribution < 1.29 is 24.2 Å². The molecule has 1 heterocycles. The van der Waals surface area contributed by atoms with Crippen LogP contribution in [-0.2, 0) is 14.3 Å². The summed E-state index contributed by atoms with van der Waals surface area (Å²) in [5.41, 5.74) is 4.09. The first-order valence-corrected chi connectivity index (χ1v) is 11.2. The Morgan fingerprint density at radius 2 is 1.88 bits per heavy atom. The third-order valence-corrected chi connectivity index (χ3v) is 6.17. The summed E-state index contributed by atoms with van der Waals surface area (Å²) in [7, 11) is 1.63. The van der Waals surface area contributed by atoms with Gasteiger partial charge in [-0.1, -0.05) is 30.3 Å². The van der Waals surface area contributed by atoms with Crippen molar-refractivity contribution in [2.45, 2.75) is 51.6 Å². The molecule has 0 saturated heterocycles. The first-order valence-electron chi connectivity index (χ1n) is 11.2. The molecule has 4 rings (SSSR count). The molecule has 0 radical (unpaired) electrons. The number of esters is 1. The van der Waals surface area contributed by atoms with Crippen LogP contribution in [0.15, 0.2) is 71.1 Å². The van der Waals surface area contributed by atoms with Crippen molar-refractivity contribution in [1.29, 1.82) is 0 Å². The van der Waals surface area contributed by atoms with Crippen molar-refractivity contribution in [2.75, 3.05) is 7.11 Å². The molecule has 1 aliphatic heterocycles. The molecule has 0 bridgehead atoms. The largest absolute Gasteiger partial charge is 0.508 e. The third-order valence-electron chi connectivity index (χ3n) is 6.17. The van der Waals surface area contributed by atoms with Gasteiger partial charge in [0, 0.05) is 35.2 Å². The summed E-state index contributed by atoms with van der Waals surface area (Å²) >= 11 is 0. The van der Waals surface area contributed by atoms with Gasteiger partial charge in [0.05, 0.1) is 18.8 Å². The molecule has 0 saturated carbocycles. The number of phenols is 1. The number of carbonyl (C=O) groups is 2. The molecule has 2 aromatic carbocycles. The van der Waals surface area contributed by atoms with E-state index in [4.69, 9.17) is 9.47 Å². The maximum absolute atomic E-state index is 13.6. The molecular weight excluding hydrogens is 418 g/mol. The molecule has 6 nitrogen and oxygen atoms in total. The Bertz CT molecular complexity index is 1160. The van der Waals surface area contributed by atoms with Gasteiger partial charge in [-0.3, -0.25) is 4.79 Å². The SMILES string of the molecule is COc1ccccc1[C@H]1CC(=O)C2=C(C1)NC(C)=C(C(=O)OC(C)C)[C@H]2c1cccc(O)c1. The van der Waals surface area contributed by atoms with Gasteiger partial charge in [0.25, 0.3) is 0 Å². The van der Waals surface area contributed by atoms with Crippen molar-refractivity contribution in [3.05, 3.63) is 82.2 Å². The van der Waals surface area contributed by atoms with Gasteiger partial charge in [-0.2, -0.15) is 0 Å². The number of aromatic hydroxyl groups is 1. The highest BCUT2D eigenvalue weighted by Gasteiger charge is 2.42. The lowest BCUT2D eigenvalue weighted by atomic mass is 9.71. The highest BCUT2D eigenvalue weighted by atomic mass is 16.5. The molecule has 2 N–H and O–H groups in total. The van der Waals surface area contributed by atoms with E-state index in [-0.39, 0.29) is 23.6 Å². The number of allylic oxidation sites excluding steroid dienone is 3. The van der Waals surface area contributed by atoms with E-state index in [9.17, 15) is 14.7 Å². The van der Waals surface area contributed by atoms with E-state index in [0.717, 1.165) is 17.0 Å². The fraction of sp³-hybridized carbons (Fsp3) is 0.333. The minimum absolute atomic E-state index is 0.0321. The van der Waals surface area contributed by atoms with Crippen LogP contribution < -0.4 is 10.1 Å². The molecule has 0 amide bonds. The summed E-state index contributed by atoms with van der Waals surface area (Å²) in [4.78, 5) is 26.7. The van der Waals surface area contributed by atoms with Gasteiger partial charge in [0.1, 0.15) is 11.5 Å². The number of carbonyl (C=O) groups excluding carboxylic acids is 2. The second-order valence-electron chi connectivity index (χ2n) is 8.81. The predicted octanol–water partition coefficient (Wildman–Crippen LogP) is 4.71. The average molecular weight is 448 g/mol. The van der Waals surface area contributed by atoms with Crippen LogP contribution in [0.1, 0.15) is 56.6 Å². The minimum Gasteiger partial charge on any atom is -0.508 e. The van der Waals surface area contributed by atoms with Gasteiger partial charge in [-0.25, -0.2) is 4.79 Å². The lowest BCUT2D eigenvalue weighted by Crippen LogP contribution is -2.36. The summed E-state index contributed by atoms with van der Waals surface area (Å²) in [5, 5.41) is 13.5. The number of hydrogen-bond acceptors (Lipinski definition) is 6. The van der Waals surface area contributed by atoms with E-state index in [2.05, 4.69) is 5.32 Å². The highest BCUT2D eigenvalue weighted by Crippen LogP contribution is 2.47. The zero-order chi connectivity index (χ0) is 23.7. The number of nitrogens with one attached hydrogen (secondary N) is 1. The highest BCUT2D eigenvalue weighted by molar-refractivity contribution is 6.04. The van der Waals surface area contributed by atoms with Gasteiger partial charge in [-0.15, -0.1) is 0 Å². The van der Waals surface area contributed by atoms with E-state index < -0.39 is 11.9 Å². The van der Waals surface area contributed by atoms with Crippen molar-refractivity contribution in [3.63, 3.8) is 0 Å². The minimum atomic E-state index is -0.606. The normalized spacial score (nSPS) is 20.5. The van der Waals surface area contributed by atoms with Crippen LogP contribution in [-0.4, -0.2) is 30.1 Å². The maximum Gasteiger partial charge on any atom is 0.337 e. The Balaban J connectivity index is 1.81. The van der Waals surface area contributed by atoms with Crippen LogP contribution in [0.3, 0.4) is 0 Å². The van der Waals surface area contributed by atoms with E-state index in [1.54, 1.807) is 39.2 Å². The number of para-hydroxylation sites is 1. The van der Waals surface area contributed by atoms with Crippen molar-refractivity contribution in [2.24, 2.45) is 0 Å². The van der Waals surface area contributed by atoms with Crippen molar-refractivity contribution >= 4 is 11.8 Å². The van der Waals surface area contributed by atoms with Crippen molar-refractivity contribution in [3.8, 4) is 11.5 Å². The molecular formula is C27H29NO5. The van der Waals surface area contributed by atoms with E-state index in [1.165, 1.54) is 0 Å². The number of ketones is 1. The number of methoxy groups -OCH3 is 1. The summed E-state index contributed by atoms with van der Waals surface area (Å²) in [6, 6.07) is 14.5. The Kier molecular flexibility index (Phi) is 6.27. The Morgan fingerprint density at radius 1 is 1.12 bits per heavy atom. The summed E-state index contributed by atoms with van der Waals surface area (Å²) in [6.07, 6.45) is 0.623. The molecule has 0 spiro atoms. The van der Waals surface area contributed by atoms with Crippen LogP contribution in [0.5, 0.6) is 11.5 Å². The molecule has 2 aliphatic rings. The average Bonchev–Trinajstić information content (AvgIpc) is 2.77. The quantitative estimate of drug-likeness (QED) is 0.646. The summed E-state index contributed by atoms with van der Waals surface area (Å²) in [6.45, 7) is 5.41. The number of dihydropyridines is 1. The zero-order valence-corrected chi connectivity index (χ0v) is 19.3. The van der Waals surface area contributed by atoms with Gasteiger partial charge >= 0.3 is 5.97 Å². The number of ether oxygens (including phenoxy) is 2. The smallest absolute Gasteiger partial charge is 0.337 e. The fourth-order valence-electron chi connectivity index (χ4n) is 4.85. The van der Waals surface area contributed by atoms with Crippen LogP contribution in [0, 0.1) is 0 Å². The molecule has 33 heavy (non-hydrogen) atoms. The predicted molar refractivity (Wildman–Crippen MR) is 125 cm³/mol. The fourth-order valence-corrected chi connectivity index (χ4v) is 4.85. The number of Topliss-reactive ketones (excluding diaryl/α,β-unsaturated/α-hetero) is 1. The van der Waals surface area contributed by atoms with Gasteiger partial charge in [0.2, 0.25) is 0 Å². The molecule has 0 unspecified atom stereocenters. The van der Waals surface area contributed by atoms with Gasteiger partial charge in [-0.05, 0) is 56.5 Å². The zero-order valence-electron chi connectivity index (χ0n) is 19.3. The maximum atomic E-state index is 13.6. The number of phenolic OH excluding ortho intramolecular Hbond substituents is 1. The van der Waals surface area contributed by atoms with Crippen LogP contribution in [0.25, 0.3) is 0 Å². The van der Waals surface area contributed by atoms with Crippen LogP contribution in [0.2, 0.25) is 0 Å². The number of hydrogen-bond donors (Lipinski definition) is 2. The molecule has 172 valence electrons. The monoisotopic (exact) mass is 447 g/mol. The molecule has 0 fully saturated rings. The molecule has 6 heteroatoms. The van der Waals surface area contributed by atoms with Crippen molar-refractivity contribution in [1.82, 2.24) is 5.32 Å². The standard InChI is InChI=1S/C27H29NO5/c1-15(2)33-27(31)24-16(3)28-21-13-18(20-10-5-6-11-23(20)32-4)14-22(30)26(21)25(24)17-8-7-9-19(29)12-17/h5-12,15,18,25,28-29H,13-14H2,1-4H3/t18-,25-/m1/s1. The second-order valence-corrected chi connectivity index (χ2v) is 8.81. The number of rotatable bonds is 5. The van der Waals surface area contributed by atoms with E-state index >= 15 is 0 Å². The summed E-state index contributed by atoms with van der Waals surface area (Å²) in [5.74, 6) is -0.303. The van der Waals surface area contributed by atoms with E-state index in [0.29, 0.717) is 35.2 Å². The Morgan fingerprint density at radius 3 is 2.58 bits per heavy atom. The van der Waals surface area contributed by atoms with Gasteiger partial charge < -0.3 is 19.9 Å². The third kappa shape index (κ3) is 4.38. The molecule has 0 aromatic heterocycles. The van der Waals surface area contributed by atoms with Crippen LogP contribution >= 0.6 is 0 Å². The molecule has 2 atom stereocenters.